The second-order valence-corrected chi connectivity index (χ2v) is 6.78. The Labute approximate surface area is 170 Å². The van der Waals surface area contributed by atoms with E-state index in [1.54, 1.807) is 4.40 Å². The Bertz CT molecular complexity index is 1370. The number of rotatable bonds is 1. The molecule has 31 heavy (non-hydrogen) atoms. The molecule has 1 aromatic carbocycles. The molecule has 0 radical (unpaired) electrons. The van der Waals surface area contributed by atoms with Crippen LogP contribution in [0.25, 0.3) is 16.6 Å². The molecule has 0 spiro atoms. The second-order valence-electron chi connectivity index (χ2n) is 6.78. The van der Waals surface area contributed by atoms with Crippen molar-refractivity contribution < 1.29 is 27.1 Å². The zero-order chi connectivity index (χ0) is 21.9. The van der Waals surface area contributed by atoms with Crippen LogP contribution in [0.3, 0.4) is 0 Å². The van der Waals surface area contributed by atoms with E-state index in [9.17, 15) is 22.4 Å². The minimum Gasteiger partial charge on any atom is -0.486 e. The number of pyridine rings is 1. The molecule has 1 aliphatic rings. The van der Waals surface area contributed by atoms with Gasteiger partial charge in [0.1, 0.15) is 29.2 Å². The number of hydrogen-bond acceptors (Lipinski definition) is 6. The van der Waals surface area contributed by atoms with Crippen LogP contribution in [0.4, 0.5) is 29.1 Å². The molecule has 0 atom stereocenters. The smallest absolute Gasteiger partial charge is 0.419 e. The number of carbonyl (C=O) groups excluding carboxylic acids is 1. The summed E-state index contributed by atoms with van der Waals surface area (Å²) in [6, 6.07) is 3.06. The molecule has 4 heterocycles. The van der Waals surface area contributed by atoms with Crippen LogP contribution in [0.15, 0.2) is 36.9 Å². The first kappa shape index (κ1) is 19.0. The van der Waals surface area contributed by atoms with Gasteiger partial charge in [0.15, 0.2) is 11.6 Å². The van der Waals surface area contributed by atoms with E-state index in [1.165, 1.54) is 24.8 Å². The number of fused-ring (bicyclic) bond motifs is 4. The Morgan fingerprint density at radius 3 is 2.77 bits per heavy atom. The number of imidazole rings is 1. The number of benzene rings is 1. The Balaban J connectivity index is 1.60. The molecule has 3 aromatic heterocycles. The maximum Gasteiger partial charge on any atom is 0.419 e. The van der Waals surface area contributed by atoms with Gasteiger partial charge in [0, 0.05) is 0 Å². The summed E-state index contributed by atoms with van der Waals surface area (Å²) < 4.78 is 60.2. The average Bonchev–Trinajstić information content (AvgIpc) is 3.23. The fourth-order valence-corrected chi connectivity index (χ4v) is 3.52. The maximum absolute atomic E-state index is 14.4. The Kier molecular flexibility index (Phi) is 4.00. The Morgan fingerprint density at radius 1 is 1.19 bits per heavy atom. The molecule has 0 saturated heterocycles. The molecule has 8 nitrogen and oxygen atoms in total. The van der Waals surface area contributed by atoms with Crippen LogP contribution in [0.2, 0.25) is 0 Å². The van der Waals surface area contributed by atoms with E-state index >= 15 is 0 Å². The summed E-state index contributed by atoms with van der Waals surface area (Å²) in [7, 11) is 0. The lowest BCUT2D eigenvalue weighted by Crippen LogP contribution is -2.39. The molecule has 4 aromatic rings. The highest BCUT2D eigenvalue weighted by atomic mass is 19.4. The van der Waals surface area contributed by atoms with E-state index in [4.69, 9.17) is 10.5 Å². The number of anilines is 2. The molecule has 0 aliphatic carbocycles. The number of ether oxygens (including phenoxy) is 1. The summed E-state index contributed by atoms with van der Waals surface area (Å²) in [6.45, 7) is -0.161. The Morgan fingerprint density at radius 2 is 2.00 bits per heavy atom. The van der Waals surface area contributed by atoms with Gasteiger partial charge in [-0.15, -0.1) is 0 Å². The van der Waals surface area contributed by atoms with Crippen molar-refractivity contribution in [1.82, 2.24) is 19.4 Å². The summed E-state index contributed by atoms with van der Waals surface area (Å²) in [6.07, 6.45) is -0.516. The van der Waals surface area contributed by atoms with E-state index in [0.717, 1.165) is 11.0 Å². The number of hydrogen-bond donors (Lipinski definition) is 1. The maximum atomic E-state index is 14.4. The molecule has 0 bridgehead atoms. The van der Waals surface area contributed by atoms with Gasteiger partial charge in [0.05, 0.1) is 42.0 Å². The second kappa shape index (κ2) is 6.52. The monoisotopic (exact) mass is 432 g/mol. The van der Waals surface area contributed by atoms with Crippen molar-refractivity contribution in [3.63, 3.8) is 0 Å². The van der Waals surface area contributed by atoms with Gasteiger partial charge in [-0.05, 0) is 18.2 Å². The minimum absolute atomic E-state index is 0.0107. The molecule has 12 heteroatoms. The fourth-order valence-electron chi connectivity index (χ4n) is 3.52. The Hall–Kier alpha value is -3.96. The van der Waals surface area contributed by atoms with Crippen LogP contribution in [-0.2, 0) is 6.18 Å². The van der Waals surface area contributed by atoms with Crippen molar-refractivity contribution in [2.75, 3.05) is 23.8 Å². The van der Waals surface area contributed by atoms with Crippen LogP contribution < -0.4 is 15.4 Å². The van der Waals surface area contributed by atoms with Gasteiger partial charge in [-0.2, -0.15) is 13.2 Å². The summed E-state index contributed by atoms with van der Waals surface area (Å²) in [5.74, 6) is -2.57. The largest absolute Gasteiger partial charge is 0.486 e. The molecule has 1 aliphatic heterocycles. The third kappa shape index (κ3) is 2.90. The van der Waals surface area contributed by atoms with E-state index in [2.05, 4.69) is 15.0 Å². The molecule has 0 saturated carbocycles. The number of carbonyl (C=O) groups is 1. The van der Waals surface area contributed by atoms with E-state index < -0.39 is 29.2 Å². The zero-order valence-electron chi connectivity index (χ0n) is 15.5. The first-order chi connectivity index (χ1) is 14.8. The standard InChI is InChI=1S/C19H12F4N6O2/c20-15-9(19(21,22)23)1-2-12-16(15)31-4-3-28(12)18(30)10-5-13-11(6-26-10)27-17(24)14-7-25-8-29(13)14/h1-2,5-8H,3-4H2,(H2,24,27). The van der Waals surface area contributed by atoms with Crippen molar-refractivity contribution in [2.45, 2.75) is 6.18 Å². The summed E-state index contributed by atoms with van der Waals surface area (Å²) >= 11 is 0. The zero-order valence-corrected chi connectivity index (χ0v) is 15.5. The number of aromatic nitrogens is 4. The first-order valence-corrected chi connectivity index (χ1v) is 8.97. The summed E-state index contributed by atoms with van der Waals surface area (Å²) in [5, 5.41) is 0. The highest BCUT2D eigenvalue weighted by Gasteiger charge is 2.38. The lowest BCUT2D eigenvalue weighted by atomic mass is 10.1. The molecule has 158 valence electrons. The lowest BCUT2D eigenvalue weighted by molar-refractivity contribution is -0.140. The molecular weight excluding hydrogens is 420 g/mol. The highest BCUT2D eigenvalue weighted by Crippen LogP contribution is 2.41. The number of nitrogen functional groups attached to an aromatic ring is 1. The van der Waals surface area contributed by atoms with Gasteiger partial charge >= 0.3 is 6.18 Å². The summed E-state index contributed by atoms with van der Waals surface area (Å²) in [4.78, 5) is 26.6. The van der Waals surface area contributed by atoms with Crippen LogP contribution in [0, 0.1) is 5.82 Å². The van der Waals surface area contributed by atoms with Crippen LogP contribution in [-0.4, -0.2) is 38.4 Å². The van der Waals surface area contributed by atoms with E-state index in [1.807, 2.05) is 0 Å². The number of nitrogens with two attached hydrogens (primary N) is 1. The number of nitrogens with zero attached hydrogens (tertiary/aromatic N) is 5. The van der Waals surface area contributed by atoms with Crippen molar-refractivity contribution >= 4 is 34.0 Å². The molecule has 2 N–H and O–H groups in total. The van der Waals surface area contributed by atoms with Gasteiger partial charge in [-0.25, -0.2) is 19.3 Å². The van der Waals surface area contributed by atoms with Crippen molar-refractivity contribution in [2.24, 2.45) is 0 Å². The van der Waals surface area contributed by atoms with Gasteiger partial charge in [0.25, 0.3) is 5.91 Å². The highest BCUT2D eigenvalue weighted by molar-refractivity contribution is 6.07. The average molecular weight is 432 g/mol. The predicted molar refractivity (Wildman–Crippen MR) is 101 cm³/mol. The number of amides is 1. The van der Waals surface area contributed by atoms with E-state index in [-0.39, 0.29) is 30.4 Å². The van der Waals surface area contributed by atoms with Gasteiger partial charge < -0.3 is 15.4 Å². The third-order valence-electron chi connectivity index (χ3n) is 4.96. The molecule has 0 unspecified atom stereocenters. The number of alkyl halides is 3. The molecule has 5 rings (SSSR count). The van der Waals surface area contributed by atoms with Crippen molar-refractivity contribution in [3.8, 4) is 5.75 Å². The van der Waals surface area contributed by atoms with Crippen molar-refractivity contribution in [1.29, 1.82) is 0 Å². The van der Waals surface area contributed by atoms with Crippen molar-refractivity contribution in [3.05, 3.63) is 54.0 Å². The normalized spacial score (nSPS) is 14.0. The molecular formula is C19H12F4N6O2. The van der Waals surface area contributed by atoms with E-state index in [0.29, 0.717) is 22.6 Å². The minimum atomic E-state index is -4.89. The number of halogens is 4. The van der Waals surface area contributed by atoms with Crippen LogP contribution in [0.5, 0.6) is 5.75 Å². The van der Waals surface area contributed by atoms with Crippen LogP contribution >= 0.6 is 0 Å². The predicted octanol–water partition coefficient (Wildman–Crippen LogP) is 3.06. The quantitative estimate of drug-likeness (QED) is 0.465. The summed E-state index contributed by atoms with van der Waals surface area (Å²) in [5.41, 5.74) is 5.77. The third-order valence-corrected chi connectivity index (χ3v) is 4.96. The topological polar surface area (TPSA) is 98.6 Å². The lowest BCUT2D eigenvalue weighted by Gasteiger charge is -2.30. The SMILES string of the molecule is Nc1nc2cnc(C(=O)N3CCOc4c3ccc(C(F)(F)F)c4F)cc2n2cncc12. The first-order valence-electron chi connectivity index (χ1n) is 8.97. The van der Waals surface area contributed by atoms with Gasteiger partial charge in [-0.1, -0.05) is 0 Å². The molecule has 1 amide bonds. The van der Waals surface area contributed by atoms with Gasteiger partial charge in [-0.3, -0.25) is 9.20 Å². The van der Waals surface area contributed by atoms with Crippen LogP contribution in [0.1, 0.15) is 16.1 Å². The molecule has 0 fully saturated rings. The van der Waals surface area contributed by atoms with Gasteiger partial charge in [0.2, 0.25) is 0 Å². The fraction of sp³-hybridized carbons (Fsp3) is 0.158.